The molecule has 0 aliphatic heterocycles. The van der Waals surface area contributed by atoms with Gasteiger partial charge in [0.2, 0.25) is 0 Å². The number of hydrogen-bond donors (Lipinski definition) is 3. The molecule has 19 heteroatoms. The van der Waals surface area contributed by atoms with Crippen LogP contribution in [0.4, 0.5) is 0 Å². The van der Waals surface area contributed by atoms with Crippen molar-refractivity contribution in [3.05, 3.63) is 24.3 Å². The Labute approximate surface area is 586 Å². The van der Waals surface area contributed by atoms with E-state index >= 15 is 0 Å². The maximum atomic E-state index is 13.1. The second-order valence-corrected chi connectivity index (χ2v) is 30.0. The highest BCUT2D eigenvalue weighted by Gasteiger charge is 2.30. The number of aliphatic hydroxyl groups excluding tert-OH is 1. The van der Waals surface area contributed by atoms with Crippen LogP contribution in [0.2, 0.25) is 0 Å². The van der Waals surface area contributed by atoms with E-state index in [2.05, 4.69) is 52.0 Å². The van der Waals surface area contributed by atoms with Crippen molar-refractivity contribution in [2.24, 2.45) is 0 Å². The number of unbranched alkanes of at least 4 members (excludes halogenated alkanes) is 47. The number of hydrogen-bond acceptors (Lipinski definition) is 15. The van der Waals surface area contributed by atoms with Crippen LogP contribution in [0.1, 0.15) is 387 Å². The maximum absolute atomic E-state index is 13.1. The van der Waals surface area contributed by atoms with Crippen molar-refractivity contribution in [3.8, 4) is 0 Å². The van der Waals surface area contributed by atoms with Gasteiger partial charge in [0, 0.05) is 25.7 Å². The monoisotopic (exact) mass is 1410 g/mol. The van der Waals surface area contributed by atoms with E-state index in [-0.39, 0.29) is 25.7 Å². The first-order valence-electron chi connectivity index (χ1n) is 39.6. The van der Waals surface area contributed by atoms with Crippen molar-refractivity contribution in [3.63, 3.8) is 0 Å². The van der Waals surface area contributed by atoms with Crippen LogP contribution in [-0.2, 0) is 65.4 Å². The number of rotatable bonds is 76. The van der Waals surface area contributed by atoms with Crippen LogP contribution in [0.5, 0.6) is 0 Å². The second kappa shape index (κ2) is 71.0. The number of esters is 4. The first-order valence-corrected chi connectivity index (χ1v) is 42.6. The molecule has 566 valence electrons. The largest absolute Gasteiger partial charge is 0.472 e. The molecule has 0 aromatic carbocycles. The summed E-state index contributed by atoms with van der Waals surface area (Å²) in [4.78, 5) is 72.7. The van der Waals surface area contributed by atoms with Gasteiger partial charge in [0.1, 0.15) is 19.3 Å². The van der Waals surface area contributed by atoms with Crippen LogP contribution in [-0.4, -0.2) is 96.7 Å². The standard InChI is InChI=1S/C77H146O17P2/c1-5-9-13-17-21-24-27-30-33-35-36-39-42-45-48-52-56-60-64-77(82)94-73(68-88-75(80)62-58-54-50-46-43-40-38-34-31-28-25-22-18-14-10-6-2)70-92-96(85,86)90-66-71(78)65-89-95(83,84)91-69-72(67-87-74(79)61-57-53-49-20-16-12-8-4)93-76(81)63-59-55-51-47-44-41-37-32-29-26-23-19-15-11-7-3/h26,29,32,37,71-73,78H,5-25,27-28,30-31,33-36,38-70H2,1-4H3,(H,83,84)(H,85,86)/b29-26-,37-32-/t71-,72+,73+/m0/s1. The number of carbonyl (C=O) groups excluding carboxylic acids is 4. The molecule has 0 saturated carbocycles. The predicted octanol–water partition coefficient (Wildman–Crippen LogP) is 22.6. The third-order valence-electron chi connectivity index (χ3n) is 17.5. The van der Waals surface area contributed by atoms with Crippen LogP contribution >= 0.6 is 15.6 Å². The van der Waals surface area contributed by atoms with Crippen molar-refractivity contribution in [2.45, 2.75) is 406 Å². The quantitative estimate of drug-likeness (QED) is 0.0169. The average Bonchev–Trinajstić information content (AvgIpc) is 2.53. The summed E-state index contributed by atoms with van der Waals surface area (Å²) in [6, 6.07) is 0. The molecule has 0 heterocycles. The normalized spacial score (nSPS) is 14.0. The minimum Gasteiger partial charge on any atom is -0.462 e. The molecule has 3 N–H and O–H groups in total. The third-order valence-corrected chi connectivity index (χ3v) is 19.4. The fraction of sp³-hybridized carbons (Fsp3) is 0.896. The lowest BCUT2D eigenvalue weighted by atomic mass is 10.0. The first-order chi connectivity index (χ1) is 46.7. The summed E-state index contributed by atoms with van der Waals surface area (Å²) in [5.41, 5.74) is 0. The summed E-state index contributed by atoms with van der Waals surface area (Å²) < 4.78 is 68.4. The van der Waals surface area contributed by atoms with Crippen molar-refractivity contribution >= 4 is 39.5 Å². The molecule has 0 aromatic heterocycles. The lowest BCUT2D eigenvalue weighted by Crippen LogP contribution is -2.30. The SMILES string of the molecule is CCCCCC/C=C\C=C/CCCCCCCC(=O)O[C@H](COC(=O)CCCCCCCCC)COP(=O)(O)OC[C@H](O)COP(=O)(O)OC[C@@H](COC(=O)CCCCCCCCCCCCCCCCCC)OC(=O)CCCCCCCCCCCCCCCCCCCC. The zero-order valence-electron chi connectivity index (χ0n) is 61.8. The van der Waals surface area contributed by atoms with Gasteiger partial charge in [-0.2, -0.15) is 0 Å². The summed E-state index contributed by atoms with van der Waals surface area (Å²) in [5.74, 6) is -2.15. The van der Waals surface area contributed by atoms with Crippen LogP contribution in [0, 0.1) is 0 Å². The van der Waals surface area contributed by atoms with Gasteiger partial charge in [0.05, 0.1) is 26.4 Å². The minimum absolute atomic E-state index is 0.0852. The Morgan fingerprint density at radius 1 is 0.292 bits per heavy atom. The summed E-state index contributed by atoms with van der Waals surface area (Å²) in [5, 5.41) is 10.6. The van der Waals surface area contributed by atoms with E-state index in [1.54, 1.807) is 0 Å². The van der Waals surface area contributed by atoms with Crippen molar-refractivity contribution in [1.82, 2.24) is 0 Å². The van der Waals surface area contributed by atoms with Gasteiger partial charge in [-0.1, -0.05) is 335 Å². The molecule has 0 radical (unpaired) electrons. The molecule has 0 aliphatic carbocycles. The molecule has 5 atom stereocenters. The molecule has 2 unspecified atom stereocenters. The molecule has 0 bridgehead atoms. The lowest BCUT2D eigenvalue weighted by Gasteiger charge is -2.21. The van der Waals surface area contributed by atoms with Gasteiger partial charge in [-0.25, -0.2) is 9.13 Å². The van der Waals surface area contributed by atoms with Crippen molar-refractivity contribution in [2.75, 3.05) is 39.6 Å². The number of aliphatic hydroxyl groups is 1. The van der Waals surface area contributed by atoms with E-state index in [4.69, 9.17) is 37.0 Å². The van der Waals surface area contributed by atoms with Gasteiger partial charge in [0.25, 0.3) is 0 Å². The Bertz CT molecular complexity index is 1920. The molecule has 0 amide bonds. The summed E-state index contributed by atoms with van der Waals surface area (Å²) in [7, 11) is -9.92. The predicted molar refractivity (Wildman–Crippen MR) is 391 cm³/mol. The van der Waals surface area contributed by atoms with E-state index in [9.17, 15) is 43.2 Å². The zero-order valence-corrected chi connectivity index (χ0v) is 63.6. The number of carbonyl (C=O) groups is 4. The molecule has 0 aliphatic rings. The zero-order chi connectivity index (χ0) is 70.4. The Morgan fingerprint density at radius 3 is 0.760 bits per heavy atom. The van der Waals surface area contributed by atoms with Gasteiger partial charge in [0.15, 0.2) is 12.2 Å². The average molecular weight is 1410 g/mol. The molecular weight excluding hydrogens is 1260 g/mol. The van der Waals surface area contributed by atoms with Gasteiger partial charge in [-0.05, 0) is 51.4 Å². The van der Waals surface area contributed by atoms with E-state index < -0.39 is 97.5 Å². The molecule has 0 spiro atoms. The van der Waals surface area contributed by atoms with E-state index in [1.165, 1.54) is 193 Å². The summed E-state index contributed by atoms with van der Waals surface area (Å²) in [6.45, 7) is 4.89. The maximum Gasteiger partial charge on any atom is 0.472 e. The third kappa shape index (κ3) is 70.0. The van der Waals surface area contributed by atoms with Crippen LogP contribution in [0.25, 0.3) is 0 Å². The Kier molecular flexibility index (Phi) is 69.1. The summed E-state index contributed by atoms with van der Waals surface area (Å²) in [6.07, 6.45) is 64.7. The molecule has 0 rings (SSSR count). The first kappa shape index (κ1) is 93.5. The molecular formula is C77H146O17P2. The van der Waals surface area contributed by atoms with E-state index in [1.807, 2.05) is 0 Å². The smallest absolute Gasteiger partial charge is 0.462 e. The Morgan fingerprint density at radius 2 is 0.500 bits per heavy atom. The highest BCUT2D eigenvalue weighted by atomic mass is 31.2. The van der Waals surface area contributed by atoms with E-state index in [0.29, 0.717) is 25.7 Å². The fourth-order valence-electron chi connectivity index (χ4n) is 11.4. The van der Waals surface area contributed by atoms with E-state index in [0.717, 1.165) is 116 Å². The molecule has 0 saturated heterocycles. The van der Waals surface area contributed by atoms with Crippen LogP contribution < -0.4 is 0 Å². The molecule has 0 fully saturated rings. The fourth-order valence-corrected chi connectivity index (χ4v) is 13.0. The topological polar surface area (TPSA) is 237 Å². The van der Waals surface area contributed by atoms with Gasteiger partial charge in [-0.3, -0.25) is 37.3 Å². The Hall–Kier alpha value is -2.46. The number of phosphoric acid groups is 2. The van der Waals surface area contributed by atoms with Crippen molar-refractivity contribution in [1.29, 1.82) is 0 Å². The van der Waals surface area contributed by atoms with Gasteiger partial charge >= 0.3 is 39.5 Å². The van der Waals surface area contributed by atoms with Gasteiger partial charge in [-0.15, -0.1) is 0 Å². The minimum atomic E-state index is -4.96. The highest BCUT2D eigenvalue weighted by molar-refractivity contribution is 7.47. The number of allylic oxidation sites excluding steroid dienone is 4. The van der Waals surface area contributed by atoms with Gasteiger partial charge < -0.3 is 33.8 Å². The second-order valence-electron chi connectivity index (χ2n) is 27.1. The van der Waals surface area contributed by atoms with Crippen molar-refractivity contribution < 1.29 is 80.2 Å². The number of ether oxygens (including phenoxy) is 4. The number of phosphoric ester groups is 2. The summed E-state index contributed by atoms with van der Waals surface area (Å²) >= 11 is 0. The molecule has 96 heavy (non-hydrogen) atoms. The van der Waals surface area contributed by atoms with Crippen LogP contribution in [0.3, 0.4) is 0 Å². The van der Waals surface area contributed by atoms with Crippen LogP contribution in [0.15, 0.2) is 24.3 Å². The highest BCUT2D eigenvalue weighted by Crippen LogP contribution is 2.45. The molecule has 0 aromatic rings. The molecule has 17 nitrogen and oxygen atoms in total. The Balaban J connectivity index is 5.22. The lowest BCUT2D eigenvalue weighted by molar-refractivity contribution is -0.161.